The van der Waals surface area contributed by atoms with Crippen molar-refractivity contribution in [1.82, 2.24) is 19.7 Å². The van der Waals surface area contributed by atoms with Gasteiger partial charge in [-0.15, -0.1) is 0 Å². The Morgan fingerprint density at radius 2 is 1.95 bits per heavy atom. The molecule has 0 atom stereocenters. The lowest BCUT2D eigenvalue weighted by Gasteiger charge is -2.04. The number of aromatic nitrogens is 4. The summed E-state index contributed by atoms with van der Waals surface area (Å²) in [6.45, 7) is 2.86. The van der Waals surface area contributed by atoms with Crippen LogP contribution in [-0.4, -0.2) is 26.3 Å². The lowest BCUT2D eigenvalue weighted by Crippen LogP contribution is -2.03. The Balaban J connectivity index is 1.92. The molecular formula is C15H15N5. The normalized spacial score (nSPS) is 10.4. The van der Waals surface area contributed by atoms with Gasteiger partial charge < -0.3 is 5.32 Å². The van der Waals surface area contributed by atoms with E-state index in [9.17, 15) is 0 Å². The maximum absolute atomic E-state index is 4.36. The maximum atomic E-state index is 4.36. The van der Waals surface area contributed by atoms with Crippen LogP contribution in [0.1, 0.15) is 6.92 Å². The van der Waals surface area contributed by atoms with E-state index in [1.807, 2.05) is 43.6 Å². The van der Waals surface area contributed by atoms with Crippen LogP contribution < -0.4 is 5.32 Å². The van der Waals surface area contributed by atoms with E-state index in [4.69, 9.17) is 0 Å². The van der Waals surface area contributed by atoms with Crippen LogP contribution >= 0.6 is 0 Å². The standard InChI is InChI=1S/C15H15N5/c1-2-16-14-8-15(18-11-17-14)20-10-13(9-19-20)12-6-4-3-5-7-12/h3-11H,2H2,1H3,(H,16,17,18). The van der Waals surface area contributed by atoms with E-state index in [0.29, 0.717) is 0 Å². The molecule has 0 radical (unpaired) electrons. The van der Waals surface area contributed by atoms with Crippen LogP contribution in [0.3, 0.4) is 0 Å². The third-order valence-corrected chi connectivity index (χ3v) is 2.93. The summed E-state index contributed by atoms with van der Waals surface area (Å²) in [5.74, 6) is 1.55. The van der Waals surface area contributed by atoms with Crippen molar-refractivity contribution in [1.29, 1.82) is 0 Å². The highest BCUT2D eigenvalue weighted by atomic mass is 15.3. The van der Waals surface area contributed by atoms with E-state index in [1.54, 1.807) is 4.68 Å². The molecule has 3 aromatic rings. The van der Waals surface area contributed by atoms with Gasteiger partial charge in [0.25, 0.3) is 0 Å². The van der Waals surface area contributed by atoms with Crippen molar-refractivity contribution < 1.29 is 0 Å². The van der Waals surface area contributed by atoms with Gasteiger partial charge in [0.05, 0.1) is 6.20 Å². The third-order valence-electron chi connectivity index (χ3n) is 2.93. The Hall–Kier alpha value is -2.69. The van der Waals surface area contributed by atoms with Gasteiger partial charge in [-0.05, 0) is 12.5 Å². The van der Waals surface area contributed by atoms with Gasteiger partial charge in [-0.25, -0.2) is 14.6 Å². The van der Waals surface area contributed by atoms with Crippen molar-refractivity contribution >= 4 is 5.82 Å². The van der Waals surface area contributed by atoms with E-state index in [2.05, 4.69) is 32.5 Å². The predicted molar refractivity (Wildman–Crippen MR) is 78.8 cm³/mol. The lowest BCUT2D eigenvalue weighted by molar-refractivity contribution is 0.839. The summed E-state index contributed by atoms with van der Waals surface area (Å²) in [5, 5.41) is 7.53. The molecule has 0 saturated heterocycles. The van der Waals surface area contributed by atoms with E-state index in [-0.39, 0.29) is 0 Å². The van der Waals surface area contributed by atoms with Gasteiger partial charge in [0.1, 0.15) is 12.1 Å². The number of hydrogen-bond donors (Lipinski definition) is 1. The summed E-state index contributed by atoms with van der Waals surface area (Å²) in [6, 6.07) is 12.0. The molecule has 20 heavy (non-hydrogen) atoms. The molecule has 0 fully saturated rings. The summed E-state index contributed by atoms with van der Waals surface area (Å²) < 4.78 is 1.75. The van der Waals surface area contributed by atoms with Gasteiger partial charge in [-0.2, -0.15) is 5.10 Å². The van der Waals surface area contributed by atoms with Crippen molar-refractivity contribution in [3.63, 3.8) is 0 Å². The van der Waals surface area contributed by atoms with Crippen molar-refractivity contribution in [3.8, 4) is 16.9 Å². The molecule has 0 amide bonds. The molecule has 0 aliphatic rings. The van der Waals surface area contributed by atoms with Crippen LogP contribution in [0.15, 0.2) is 55.1 Å². The number of nitrogens with zero attached hydrogens (tertiary/aromatic N) is 4. The van der Waals surface area contributed by atoms with E-state index in [1.165, 1.54) is 6.33 Å². The lowest BCUT2D eigenvalue weighted by atomic mass is 10.1. The second kappa shape index (κ2) is 5.52. The molecule has 0 bridgehead atoms. The summed E-state index contributed by atoms with van der Waals surface area (Å²) in [4.78, 5) is 8.40. The first kappa shape index (κ1) is 12.3. The minimum Gasteiger partial charge on any atom is -0.370 e. The highest BCUT2D eigenvalue weighted by Gasteiger charge is 2.05. The molecule has 0 aliphatic carbocycles. The molecule has 0 saturated carbocycles. The SMILES string of the molecule is CCNc1cc(-n2cc(-c3ccccc3)cn2)ncn1. The Bertz CT molecular complexity index is 690. The molecule has 100 valence electrons. The monoisotopic (exact) mass is 265 g/mol. The maximum Gasteiger partial charge on any atom is 0.158 e. The second-order valence-corrected chi connectivity index (χ2v) is 4.33. The molecule has 0 aliphatic heterocycles. The first-order chi connectivity index (χ1) is 9.86. The Morgan fingerprint density at radius 3 is 2.75 bits per heavy atom. The molecule has 3 rings (SSSR count). The summed E-state index contributed by atoms with van der Waals surface area (Å²) in [6.07, 6.45) is 5.34. The van der Waals surface area contributed by atoms with Crippen LogP contribution in [0.5, 0.6) is 0 Å². The first-order valence-electron chi connectivity index (χ1n) is 6.53. The van der Waals surface area contributed by atoms with E-state index >= 15 is 0 Å². The van der Waals surface area contributed by atoms with Gasteiger partial charge >= 0.3 is 0 Å². The zero-order chi connectivity index (χ0) is 13.8. The largest absolute Gasteiger partial charge is 0.370 e. The highest BCUT2D eigenvalue weighted by molar-refractivity contribution is 5.61. The molecular weight excluding hydrogens is 250 g/mol. The van der Waals surface area contributed by atoms with Crippen LogP contribution in [0.25, 0.3) is 16.9 Å². The van der Waals surface area contributed by atoms with Crippen LogP contribution in [0.4, 0.5) is 5.82 Å². The number of benzene rings is 1. The average molecular weight is 265 g/mol. The van der Waals surface area contributed by atoms with Crippen LogP contribution in [0.2, 0.25) is 0 Å². The van der Waals surface area contributed by atoms with E-state index < -0.39 is 0 Å². The van der Waals surface area contributed by atoms with Crippen LogP contribution in [-0.2, 0) is 0 Å². The Morgan fingerprint density at radius 1 is 1.10 bits per heavy atom. The zero-order valence-electron chi connectivity index (χ0n) is 11.2. The smallest absolute Gasteiger partial charge is 0.158 e. The van der Waals surface area contributed by atoms with Gasteiger partial charge in [-0.1, -0.05) is 30.3 Å². The molecule has 2 aromatic heterocycles. The van der Waals surface area contributed by atoms with Gasteiger partial charge in [0.15, 0.2) is 5.82 Å². The van der Waals surface area contributed by atoms with Gasteiger partial charge in [0, 0.05) is 24.4 Å². The van der Waals surface area contributed by atoms with Crippen LogP contribution in [0, 0.1) is 0 Å². The Labute approximate surface area is 117 Å². The Kier molecular flexibility index (Phi) is 3.41. The summed E-state index contributed by atoms with van der Waals surface area (Å²) in [5.41, 5.74) is 2.20. The van der Waals surface area contributed by atoms with E-state index in [0.717, 1.165) is 29.3 Å². The molecule has 0 unspecified atom stereocenters. The number of anilines is 1. The van der Waals surface area contributed by atoms with Crippen molar-refractivity contribution in [3.05, 3.63) is 55.1 Å². The summed E-state index contributed by atoms with van der Waals surface area (Å²) >= 11 is 0. The molecule has 0 spiro atoms. The number of rotatable bonds is 4. The second-order valence-electron chi connectivity index (χ2n) is 4.33. The average Bonchev–Trinajstić information content (AvgIpc) is 2.99. The fourth-order valence-electron chi connectivity index (χ4n) is 1.98. The third kappa shape index (κ3) is 2.51. The topological polar surface area (TPSA) is 55.6 Å². The van der Waals surface area contributed by atoms with Gasteiger partial charge in [-0.3, -0.25) is 0 Å². The highest BCUT2D eigenvalue weighted by Crippen LogP contribution is 2.19. The first-order valence-corrected chi connectivity index (χ1v) is 6.53. The number of hydrogen-bond acceptors (Lipinski definition) is 4. The van der Waals surface area contributed by atoms with Crippen molar-refractivity contribution in [2.24, 2.45) is 0 Å². The molecule has 5 heteroatoms. The molecule has 2 heterocycles. The number of nitrogens with one attached hydrogen (secondary N) is 1. The fourth-order valence-corrected chi connectivity index (χ4v) is 1.98. The predicted octanol–water partition coefficient (Wildman–Crippen LogP) is 2.76. The zero-order valence-corrected chi connectivity index (χ0v) is 11.2. The minimum absolute atomic E-state index is 0.748. The minimum atomic E-state index is 0.748. The molecule has 1 N–H and O–H groups in total. The van der Waals surface area contributed by atoms with Gasteiger partial charge in [0.2, 0.25) is 0 Å². The molecule has 1 aromatic carbocycles. The fraction of sp³-hybridized carbons (Fsp3) is 0.133. The quantitative estimate of drug-likeness (QED) is 0.788. The van der Waals surface area contributed by atoms with Crippen molar-refractivity contribution in [2.45, 2.75) is 6.92 Å². The van der Waals surface area contributed by atoms with Crippen molar-refractivity contribution in [2.75, 3.05) is 11.9 Å². The summed E-state index contributed by atoms with van der Waals surface area (Å²) in [7, 11) is 0. The molecule has 5 nitrogen and oxygen atoms in total.